The molecule has 20 heavy (non-hydrogen) atoms. The van der Waals surface area contributed by atoms with Crippen molar-refractivity contribution in [3.05, 3.63) is 47.9 Å². The van der Waals surface area contributed by atoms with E-state index in [4.69, 9.17) is 13.9 Å². The van der Waals surface area contributed by atoms with E-state index in [0.29, 0.717) is 30.0 Å². The molecule has 2 heterocycles. The number of rotatable bonds is 4. The van der Waals surface area contributed by atoms with E-state index in [1.807, 2.05) is 12.1 Å². The van der Waals surface area contributed by atoms with Crippen LogP contribution in [0.25, 0.3) is 0 Å². The Labute approximate surface area is 116 Å². The van der Waals surface area contributed by atoms with Crippen molar-refractivity contribution in [1.82, 2.24) is 4.90 Å². The number of likely N-dealkylation sites (N-methyl/N-ethyl adjacent to an activating group) is 1. The van der Waals surface area contributed by atoms with Crippen molar-refractivity contribution in [2.24, 2.45) is 0 Å². The van der Waals surface area contributed by atoms with Gasteiger partial charge in [-0.1, -0.05) is 0 Å². The summed E-state index contributed by atoms with van der Waals surface area (Å²) >= 11 is 0. The van der Waals surface area contributed by atoms with Crippen molar-refractivity contribution in [3.63, 3.8) is 0 Å². The Kier molecular flexibility index (Phi) is 3.33. The quantitative estimate of drug-likeness (QED) is 0.858. The van der Waals surface area contributed by atoms with Gasteiger partial charge >= 0.3 is 0 Å². The molecule has 1 aliphatic rings. The molecule has 1 aliphatic heterocycles. The molecule has 3 rings (SSSR count). The number of carbonyl (C=O) groups excluding carboxylic acids is 1. The molecule has 0 radical (unpaired) electrons. The van der Waals surface area contributed by atoms with Crippen molar-refractivity contribution in [2.45, 2.75) is 6.42 Å². The highest BCUT2D eigenvalue weighted by Crippen LogP contribution is 2.32. The van der Waals surface area contributed by atoms with Crippen LogP contribution >= 0.6 is 0 Å². The molecule has 0 aliphatic carbocycles. The monoisotopic (exact) mass is 273 g/mol. The van der Waals surface area contributed by atoms with Gasteiger partial charge in [0.25, 0.3) is 5.91 Å². The first-order chi connectivity index (χ1) is 9.74. The molecule has 0 N–H and O–H groups in total. The SMILES string of the molecule is CN(CCc1ccco1)C(=O)c1ccc2c(c1)OCO2. The maximum atomic E-state index is 12.3. The summed E-state index contributed by atoms with van der Waals surface area (Å²) in [5.74, 6) is 2.13. The zero-order chi connectivity index (χ0) is 13.9. The minimum atomic E-state index is -0.0464. The highest BCUT2D eigenvalue weighted by molar-refractivity contribution is 5.94. The van der Waals surface area contributed by atoms with Crippen molar-refractivity contribution in [3.8, 4) is 11.5 Å². The van der Waals surface area contributed by atoms with Crippen molar-refractivity contribution in [1.29, 1.82) is 0 Å². The van der Waals surface area contributed by atoms with Crippen LogP contribution in [0.3, 0.4) is 0 Å². The van der Waals surface area contributed by atoms with Crippen LogP contribution in [-0.4, -0.2) is 31.2 Å². The van der Waals surface area contributed by atoms with Crippen LogP contribution in [0.1, 0.15) is 16.1 Å². The van der Waals surface area contributed by atoms with E-state index in [2.05, 4.69) is 0 Å². The topological polar surface area (TPSA) is 51.9 Å². The second-order valence-electron chi connectivity index (χ2n) is 4.62. The van der Waals surface area contributed by atoms with Crippen LogP contribution in [0.15, 0.2) is 41.0 Å². The van der Waals surface area contributed by atoms with Gasteiger partial charge in [0, 0.05) is 25.6 Å². The van der Waals surface area contributed by atoms with E-state index in [-0.39, 0.29) is 12.7 Å². The van der Waals surface area contributed by atoms with Crippen LogP contribution in [0.5, 0.6) is 11.5 Å². The number of amides is 1. The fraction of sp³-hybridized carbons (Fsp3) is 0.267. The molecular formula is C15H15NO4. The molecule has 0 saturated heterocycles. The summed E-state index contributed by atoms with van der Waals surface area (Å²) in [5.41, 5.74) is 0.594. The molecule has 2 aromatic rings. The second kappa shape index (κ2) is 5.28. The molecule has 5 heteroatoms. The van der Waals surface area contributed by atoms with Gasteiger partial charge in [-0.25, -0.2) is 0 Å². The number of nitrogens with zero attached hydrogens (tertiary/aromatic N) is 1. The summed E-state index contributed by atoms with van der Waals surface area (Å²) < 4.78 is 15.8. The maximum Gasteiger partial charge on any atom is 0.253 e. The first-order valence-corrected chi connectivity index (χ1v) is 6.41. The third-order valence-corrected chi connectivity index (χ3v) is 3.24. The largest absolute Gasteiger partial charge is 0.469 e. The highest BCUT2D eigenvalue weighted by atomic mass is 16.7. The number of benzene rings is 1. The van der Waals surface area contributed by atoms with Gasteiger partial charge in [0.15, 0.2) is 11.5 Å². The standard InChI is InChI=1S/C15H15NO4/c1-16(7-6-12-3-2-8-18-12)15(17)11-4-5-13-14(9-11)20-10-19-13/h2-5,8-9H,6-7,10H2,1H3. The van der Waals surface area contributed by atoms with E-state index in [9.17, 15) is 4.79 Å². The lowest BCUT2D eigenvalue weighted by Crippen LogP contribution is -2.28. The molecular weight excluding hydrogens is 258 g/mol. The van der Waals surface area contributed by atoms with Gasteiger partial charge in [0.05, 0.1) is 6.26 Å². The van der Waals surface area contributed by atoms with Crippen LogP contribution in [0.4, 0.5) is 0 Å². The number of hydrogen-bond acceptors (Lipinski definition) is 4. The fourth-order valence-corrected chi connectivity index (χ4v) is 2.08. The number of furan rings is 1. The molecule has 1 aromatic carbocycles. The molecule has 5 nitrogen and oxygen atoms in total. The second-order valence-corrected chi connectivity index (χ2v) is 4.62. The van der Waals surface area contributed by atoms with Gasteiger partial charge in [-0.05, 0) is 30.3 Å². The Hall–Kier alpha value is -2.43. The Bertz CT molecular complexity index is 606. The normalized spacial score (nSPS) is 12.4. The third-order valence-electron chi connectivity index (χ3n) is 3.24. The van der Waals surface area contributed by atoms with Crippen LogP contribution in [0, 0.1) is 0 Å². The summed E-state index contributed by atoms with van der Waals surface area (Å²) in [7, 11) is 1.77. The highest BCUT2D eigenvalue weighted by Gasteiger charge is 2.18. The van der Waals surface area contributed by atoms with Gasteiger partial charge in [-0.3, -0.25) is 4.79 Å². The predicted octanol–water partition coefficient (Wildman–Crippen LogP) is 2.32. The molecule has 1 aromatic heterocycles. The van der Waals surface area contributed by atoms with Gasteiger partial charge in [0.2, 0.25) is 6.79 Å². The maximum absolute atomic E-state index is 12.3. The number of ether oxygens (including phenoxy) is 2. The van der Waals surface area contributed by atoms with Gasteiger partial charge in [-0.2, -0.15) is 0 Å². The zero-order valence-corrected chi connectivity index (χ0v) is 11.2. The lowest BCUT2D eigenvalue weighted by molar-refractivity contribution is 0.0794. The fourth-order valence-electron chi connectivity index (χ4n) is 2.08. The van der Waals surface area contributed by atoms with Crippen LogP contribution in [-0.2, 0) is 6.42 Å². The molecule has 0 spiro atoms. The average Bonchev–Trinajstić information content (AvgIpc) is 3.13. The first-order valence-electron chi connectivity index (χ1n) is 6.41. The van der Waals surface area contributed by atoms with Crippen molar-refractivity contribution < 1.29 is 18.7 Å². The summed E-state index contributed by atoms with van der Waals surface area (Å²) in [6.45, 7) is 0.808. The number of fused-ring (bicyclic) bond motifs is 1. The van der Waals surface area contributed by atoms with Crippen LogP contribution < -0.4 is 9.47 Å². The summed E-state index contributed by atoms with van der Waals surface area (Å²) in [6.07, 6.45) is 2.33. The molecule has 0 fully saturated rings. The smallest absolute Gasteiger partial charge is 0.253 e. The van der Waals surface area contributed by atoms with E-state index < -0.39 is 0 Å². The Morgan fingerprint density at radius 3 is 2.90 bits per heavy atom. The molecule has 104 valence electrons. The lowest BCUT2D eigenvalue weighted by atomic mass is 10.1. The Morgan fingerprint density at radius 1 is 1.25 bits per heavy atom. The lowest BCUT2D eigenvalue weighted by Gasteiger charge is -2.16. The molecule has 1 amide bonds. The van der Waals surface area contributed by atoms with E-state index in [1.165, 1.54) is 0 Å². The van der Waals surface area contributed by atoms with Gasteiger partial charge in [-0.15, -0.1) is 0 Å². The third kappa shape index (κ3) is 2.47. The summed E-state index contributed by atoms with van der Waals surface area (Å²) in [5, 5.41) is 0. The average molecular weight is 273 g/mol. The molecule has 0 unspecified atom stereocenters. The number of carbonyl (C=O) groups is 1. The van der Waals surface area contributed by atoms with E-state index >= 15 is 0 Å². The summed E-state index contributed by atoms with van der Waals surface area (Å²) in [6, 6.07) is 8.97. The van der Waals surface area contributed by atoms with Crippen LogP contribution in [0.2, 0.25) is 0 Å². The van der Waals surface area contributed by atoms with Crippen molar-refractivity contribution >= 4 is 5.91 Å². The van der Waals surface area contributed by atoms with E-state index in [1.54, 1.807) is 36.4 Å². The zero-order valence-electron chi connectivity index (χ0n) is 11.2. The van der Waals surface area contributed by atoms with Crippen molar-refractivity contribution in [2.75, 3.05) is 20.4 Å². The summed E-state index contributed by atoms with van der Waals surface area (Å²) in [4.78, 5) is 14.0. The molecule has 0 bridgehead atoms. The Balaban J connectivity index is 1.65. The Morgan fingerprint density at radius 2 is 2.10 bits per heavy atom. The number of hydrogen-bond donors (Lipinski definition) is 0. The first kappa shape index (κ1) is 12.6. The minimum Gasteiger partial charge on any atom is -0.469 e. The van der Waals surface area contributed by atoms with Gasteiger partial charge < -0.3 is 18.8 Å². The minimum absolute atomic E-state index is 0.0464. The van der Waals surface area contributed by atoms with E-state index in [0.717, 1.165) is 5.76 Å². The molecule has 0 saturated carbocycles. The van der Waals surface area contributed by atoms with Gasteiger partial charge in [0.1, 0.15) is 5.76 Å². The molecule has 0 atom stereocenters. The predicted molar refractivity (Wildman–Crippen MR) is 71.9 cm³/mol.